The molecule has 2 nitrogen and oxygen atoms in total. The fraction of sp³-hybridized carbons (Fsp3) is 0.462. The highest BCUT2D eigenvalue weighted by atomic mass is 16.2. The number of rotatable bonds is 4. The Morgan fingerprint density at radius 2 is 2.00 bits per heavy atom. The molecule has 1 aliphatic rings. The Morgan fingerprint density at radius 1 is 1.33 bits per heavy atom. The molecule has 0 aliphatic heterocycles. The molecule has 0 atom stereocenters. The van der Waals surface area contributed by atoms with E-state index in [1.165, 1.54) is 12.8 Å². The molecule has 1 saturated carbocycles. The number of carbonyl (C=O) groups is 1. The summed E-state index contributed by atoms with van der Waals surface area (Å²) in [6.45, 7) is 0.936. The van der Waals surface area contributed by atoms with E-state index >= 15 is 0 Å². The molecule has 0 bridgehead atoms. The van der Waals surface area contributed by atoms with Gasteiger partial charge in [-0.1, -0.05) is 30.3 Å². The lowest BCUT2D eigenvalue weighted by Gasteiger charge is -2.16. The highest BCUT2D eigenvalue weighted by Gasteiger charge is 2.24. The zero-order valence-corrected chi connectivity index (χ0v) is 9.15. The zero-order valence-electron chi connectivity index (χ0n) is 9.15. The van der Waals surface area contributed by atoms with Crippen molar-refractivity contribution in [2.75, 3.05) is 13.6 Å². The van der Waals surface area contributed by atoms with Gasteiger partial charge in [-0.3, -0.25) is 4.79 Å². The van der Waals surface area contributed by atoms with Crippen LogP contribution in [0.25, 0.3) is 0 Å². The number of amides is 1. The largest absolute Gasteiger partial charge is 0.345 e. The van der Waals surface area contributed by atoms with Crippen LogP contribution in [-0.4, -0.2) is 24.4 Å². The van der Waals surface area contributed by atoms with Gasteiger partial charge in [-0.15, -0.1) is 0 Å². The van der Waals surface area contributed by atoms with Gasteiger partial charge in [-0.25, -0.2) is 0 Å². The second-order valence-electron chi connectivity index (χ2n) is 4.38. The van der Waals surface area contributed by atoms with Gasteiger partial charge in [0, 0.05) is 13.6 Å². The van der Waals surface area contributed by atoms with E-state index in [1.807, 2.05) is 42.3 Å². The topological polar surface area (TPSA) is 20.3 Å². The van der Waals surface area contributed by atoms with Crippen molar-refractivity contribution in [1.82, 2.24) is 4.90 Å². The van der Waals surface area contributed by atoms with E-state index in [1.54, 1.807) is 0 Å². The fourth-order valence-electron chi connectivity index (χ4n) is 1.69. The highest BCUT2D eigenvalue weighted by Crippen LogP contribution is 2.29. The van der Waals surface area contributed by atoms with E-state index in [0.717, 1.165) is 18.0 Å². The summed E-state index contributed by atoms with van der Waals surface area (Å²) in [5, 5.41) is 0. The summed E-state index contributed by atoms with van der Waals surface area (Å²) >= 11 is 0. The number of hydrogen-bond acceptors (Lipinski definition) is 1. The van der Waals surface area contributed by atoms with Crippen LogP contribution < -0.4 is 0 Å². The molecule has 0 heterocycles. The molecule has 0 aromatic heterocycles. The molecule has 0 spiro atoms. The molecule has 1 aliphatic carbocycles. The molecule has 1 aromatic rings. The molecular formula is C13H17NO. The summed E-state index contributed by atoms with van der Waals surface area (Å²) in [5.41, 5.74) is 1.10. The molecule has 0 radical (unpaired) electrons. The average Bonchev–Trinajstić information content (AvgIpc) is 3.03. The first kappa shape index (κ1) is 10.2. The van der Waals surface area contributed by atoms with E-state index in [-0.39, 0.29) is 5.91 Å². The number of carbonyl (C=O) groups excluding carboxylic acids is 1. The first-order valence-electron chi connectivity index (χ1n) is 5.53. The summed E-state index contributed by atoms with van der Waals surface area (Å²) in [6.07, 6.45) is 3.12. The van der Waals surface area contributed by atoms with E-state index in [0.29, 0.717) is 6.42 Å². The van der Waals surface area contributed by atoms with Gasteiger partial charge in [0.1, 0.15) is 0 Å². The van der Waals surface area contributed by atoms with Gasteiger partial charge in [0.25, 0.3) is 0 Å². The normalized spacial score (nSPS) is 15.0. The first-order chi connectivity index (χ1) is 7.25. The SMILES string of the molecule is CN(CC1CC1)C(=O)Cc1ccccc1. The molecule has 1 amide bonds. The van der Waals surface area contributed by atoms with Gasteiger partial charge in [-0.05, 0) is 24.3 Å². The van der Waals surface area contributed by atoms with Crippen LogP contribution in [0.4, 0.5) is 0 Å². The van der Waals surface area contributed by atoms with Crippen LogP contribution in [0.3, 0.4) is 0 Å². The van der Waals surface area contributed by atoms with Crippen molar-refractivity contribution in [3.63, 3.8) is 0 Å². The lowest BCUT2D eigenvalue weighted by Crippen LogP contribution is -2.30. The summed E-state index contributed by atoms with van der Waals surface area (Å²) in [7, 11) is 1.91. The van der Waals surface area contributed by atoms with Crippen LogP contribution in [0.5, 0.6) is 0 Å². The molecule has 1 fully saturated rings. The molecule has 0 saturated heterocycles. The van der Waals surface area contributed by atoms with Crippen LogP contribution in [0.2, 0.25) is 0 Å². The van der Waals surface area contributed by atoms with Crippen LogP contribution >= 0.6 is 0 Å². The Balaban J connectivity index is 1.85. The smallest absolute Gasteiger partial charge is 0.226 e. The van der Waals surface area contributed by atoms with Crippen molar-refractivity contribution >= 4 is 5.91 Å². The van der Waals surface area contributed by atoms with Gasteiger partial charge in [0.05, 0.1) is 6.42 Å². The maximum atomic E-state index is 11.8. The maximum absolute atomic E-state index is 11.8. The standard InChI is InChI=1S/C13H17NO/c1-14(10-12-7-8-12)13(15)9-11-5-3-2-4-6-11/h2-6,12H,7-10H2,1H3. The maximum Gasteiger partial charge on any atom is 0.226 e. The molecular weight excluding hydrogens is 186 g/mol. The first-order valence-corrected chi connectivity index (χ1v) is 5.53. The molecule has 2 rings (SSSR count). The third kappa shape index (κ3) is 3.08. The monoisotopic (exact) mass is 203 g/mol. The van der Waals surface area contributed by atoms with Crippen LogP contribution in [0, 0.1) is 5.92 Å². The van der Waals surface area contributed by atoms with Crippen molar-refractivity contribution in [3.05, 3.63) is 35.9 Å². The number of nitrogens with zero attached hydrogens (tertiary/aromatic N) is 1. The molecule has 1 aromatic carbocycles. The summed E-state index contributed by atoms with van der Waals surface area (Å²) in [4.78, 5) is 13.7. The summed E-state index contributed by atoms with van der Waals surface area (Å²) < 4.78 is 0. The Morgan fingerprint density at radius 3 is 2.60 bits per heavy atom. The number of likely N-dealkylation sites (N-methyl/N-ethyl adjacent to an activating group) is 1. The third-order valence-electron chi connectivity index (χ3n) is 2.85. The minimum Gasteiger partial charge on any atom is -0.345 e. The molecule has 0 unspecified atom stereocenters. The van der Waals surface area contributed by atoms with E-state index in [2.05, 4.69) is 0 Å². The van der Waals surface area contributed by atoms with E-state index in [4.69, 9.17) is 0 Å². The summed E-state index contributed by atoms with van der Waals surface area (Å²) in [6, 6.07) is 9.93. The summed E-state index contributed by atoms with van der Waals surface area (Å²) in [5.74, 6) is 1.00. The Bertz CT molecular complexity index is 330. The number of benzene rings is 1. The predicted molar refractivity (Wildman–Crippen MR) is 60.5 cm³/mol. The highest BCUT2D eigenvalue weighted by molar-refractivity contribution is 5.78. The molecule has 80 valence electrons. The predicted octanol–water partition coefficient (Wildman–Crippen LogP) is 2.10. The van der Waals surface area contributed by atoms with Crippen LogP contribution in [0.15, 0.2) is 30.3 Å². The minimum absolute atomic E-state index is 0.230. The number of hydrogen-bond donors (Lipinski definition) is 0. The van der Waals surface area contributed by atoms with Crippen molar-refractivity contribution in [3.8, 4) is 0 Å². The quantitative estimate of drug-likeness (QED) is 0.734. The minimum atomic E-state index is 0.230. The average molecular weight is 203 g/mol. The second-order valence-corrected chi connectivity index (χ2v) is 4.38. The Hall–Kier alpha value is -1.31. The Kier molecular flexibility index (Phi) is 3.05. The third-order valence-corrected chi connectivity index (χ3v) is 2.85. The van der Waals surface area contributed by atoms with Gasteiger partial charge in [-0.2, -0.15) is 0 Å². The van der Waals surface area contributed by atoms with Gasteiger partial charge in [0.15, 0.2) is 0 Å². The van der Waals surface area contributed by atoms with Crippen molar-refractivity contribution < 1.29 is 4.79 Å². The Labute approximate surface area is 90.9 Å². The second kappa shape index (κ2) is 4.47. The van der Waals surface area contributed by atoms with Gasteiger partial charge in [0.2, 0.25) is 5.91 Å². The van der Waals surface area contributed by atoms with Crippen LogP contribution in [-0.2, 0) is 11.2 Å². The molecule has 15 heavy (non-hydrogen) atoms. The molecule has 2 heteroatoms. The van der Waals surface area contributed by atoms with E-state index in [9.17, 15) is 4.79 Å². The lowest BCUT2D eigenvalue weighted by molar-refractivity contribution is -0.129. The van der Waals surface area contributed by atoms with Crippen molar-refractivity contribution in [1.29, 1.82) is 0 Å². The van der Waals surface area contributed by atoms with Gasteiger partial charge < -0.3 is 4.90 Å². The zero-order chi connectivity index (χ0) is 10.7. The van der Waals surface area contributed by atoms with Crippen molar-refractivity contribution in [2.45, 2.75) is 19.3 Å². The van der Waals surface area contributed by atoms with Gasteiger partial charge >= 0.3 is 0 Å². The fourth-order valence-corrected chi connectivity index (χ4v) is 1.69. The van der Waals surface area contributed by atoms with Crippen molar-refractivity contribution in [2.24, 2.45) is 5.92 Å². The van der Waals surface area contributed by atoms with E-state index < -0.39 is 0 Å². The lowest BCUT2D eigenvalue weighted by atomic mass is 10.1. The molecule has 0 N–H and O–H groups in total. The van der Waals surface area contributed by atoms with Crippen LogP contribution in [0.1, 0.15) is 18.4 Å².